The van der Waals surface area contributed by atoms with E-state index in [9.17, 15) is 12.8 Å². The molecule has 4 nitrogen and oxygen atoms in total. The van der Waals surface area contributed by atoms with E-state index < -0.39 is 21.1 Å². The van der Waals surface area contributed by atoms with Crippen molar-refractivity contribution < 1.29 is 17.5 Å². The van der Waals surface area contributed by atoms with E-state index in [1.807, 2.05) is 0 Å². The van der Waals surface area contributed by atoms with Gasteiger partial charge in [0.05, 0.1) is 11.9 Å². The Morgan fingerprint density at radius 2 is 2.09 bits per heavy atom. The van der Waals surface area contributed by atoms with Gasteiger partial charge in [-0.05, 0) is 37.8 Å². The standard InChI is InChI=1S/C15H19ClFNO3S/c16-13-2-1-3-14(17)12(13)8-10-9-21-7-6-15(10)22(19,20)18-11-4-5-11/h1-3,10-11,15,18H,4-9H2/t10-,15+/m0/s1. The highest BCUT2D eigenvalue weighted by molar-refractivity contribution is 7.90. The second kappa shape index (κ2) is 6.43. The van der Waals surface area contributed by atoms with Gasteiger partial charge in [-0.15, -0.1) is 0 Å². The van der Waals surface area contributed by atoms with Gasteiger partial charge in [-0.1, -0.05) is 17.7 Å². The van der Waals surface area contributed by atoms with Crippen LogP contribution >= 0.6 is 11.6 Å². The molecule has 1 heterocycles. The van der Waals surface area contributed by atoms with E-state index in [0.717, 1.165) is 12.8 Å². The fourth-order valence-corrected chi connectivity index (χ4v) is 5.09. The van der Waals surface area contributed by atoms with E-state index in [-0.39, 0.29) is 18.4 Å². The van der Waals surface area contributed by atoms with Crippen molar-refractivity contribution in [1.29, 1.82) is 0 Å². The van der Waals surface area contributed by atoms with Crippen molar-refractivity contribution >= 4 is 21.6 Å². The molecular weight excluding hydrogens is 329 g/mol. The highest BCUT2D eigenvalue weighted by Crippen LogP contribution is 2.30. The first-order valence-corrected chi connectivity index (χ1v) is 9.41. The van der Waals surface area contributed by atoms with Crippen LogP contribution < -0.4 is 4.72 Å². The Morgan fingerprint density at radius 3 is 2.77 bits per heavy atom. The Balaban J connectivity index is 1.80. The number of benzene rings is 1. The fraction of sp³-hybridized carbons (Fsp3) is 0.600. The predicted molar refractivity (Wildman–Crippen MR) is 82.9 cm³/mol. The van der Waals surface area contributed by atoms with E-state index in [2.05, 4.69) is 4.72 Å². The molecule has 0 spiro atoms. The molecule has 7 heteroatoms. The molecule has 0 aromatic heterocycles. The summed E-state index contributed by atoms with van der Waals surface area (Å²) in [6.45, 7) is 0.721. The van der Waals surface area contributed by atoms with E-state index in [4.69, 9.17) is 16.3 Å². The molecule has 2 fully saturated rings. The van der Waals surface area contributed by atoms with Crippen LogP contribution in [-0.2, 0) is 21.2 Å². The van der Waals surface area contributed by atoms with Crippen LogP contribution in [0.5, 0.6) is 0 Å². The molecule has 1 aromatic rings. The third-order valence-electron chi connectivity index (χ3n) is 4.24. The maximum absolute atomic E-state index is 14.0. The smallest absolute Gasteiger partial charge is 0.215 e. The molecule has 1 aliphatic carbocycles. The van der Waals surface area contributed by atoms with Crippen LogP contribution in [0.3, 0.4) is 0 Å². The van der Waals surface area contributed by atoms with Crippen LogP contribution in [0, 0.1) is 11.7 Å². The summed E-state index contributed by atoms with van der Waals surface area (Å²) < 4.78 is 47.1. The number of halogens is 2. The van der Waals surface area contributed by atoms with Gasteiger partial charge in [-0.25, -0.2) is 17.5 Å². The first-order valence-electron chi connectivity index (χ1n) is 7.49. The largest absolute Gasteiger partial charge is 0.381 e. The lowest BCUT2D eigenvalue weighted by Gasteiger charge is -2.31. The zero-order chi connectivity index (χ0) is 15.7. The minimum absolute atomic E-state index is 0.0746. The molecule has 0 bridgehead atoms. The summed E-state index contributed by atoms with van der Waals surface area (Å²) in [5.41, 5.74) is 0.367. The number of hydrogen-bond donors (Lipinski definition) is 1. The number of ether oxygens (including phenoxy) is 1. The molecule has 22 heavy (non-hydrogen) atoms. The van der Waals surface area contributed by atoms with Gasteiger partial charge in [0.2, 0.25) is 10.0 Å². The van der Waals surface area contributed by atoms with Crippen molar-refractivity contribution in [3.05, 3.63) is 34.6 Å². The first kappa shape index (κ1) is 16.2. The zero-order valence-electron chi connectivity index (χ0n) is 12.1. The maximum atomic E-state index is 14.0. The second-order valence-electron chi connectivity index (χ2n) is 6.00. The van der Waals surface area contributed by atoms with Crippen molar-refractivity contribution in [2.24, 2.45) is 5.92 Å². The molecule has 122 valence electrons. The van der Waals surface area contributed by atoms with Crippen LogP contribution in [0.25, 0.3) is 0 Å². The van der Waals surface area contributed by atoms with Gasteiger partial charge in [0.15, 0.2) is 0 Å². The van der Waals surface area contributed by atoms with E-state index >= 15 is 0 Å². The molecule has 3 rings (SSSR count). The van der Waals surface area contributed by atoms with Crippen LogP contribution in [0.2, 0.25) is 5.02 Å². The number of nitrogens with one attached hydrogen (secondary N) is 1. The lowest BCUT2D eigenvalue weighted by Crippen LogP contribution is -2.45. The Morgan fingerprint density at radius 1 is 1.32 bits per heavy atom. The average molecular weight is 348 g/mol. The highest BCUT2D eigenvalue weighted by atomic mass is 35.5. The molecule has 2 atom stereocenters. The molecule has 1 saturated carbocycles. The number of hydrogen-bond acceptors (Lipinski definition) is 3. The van der Waals surface area contributed by atoms with E-state index in [0.29, 0.717) is 30.2 Å². The average Bonchev–Trinajstić information content (AvgIpc) is 3.27. The first-order chi connectivity index (χ1) is 10.5. The Bertz CT molecular complexity index is 628. The van der Waals surface area contributed by atoms with E-state index in [1.165, 1.54) is 6.07 Å². The second-order valence-corrected chi connectivity index (χ2v) is 8.34. The number of sulfonamides is 1. The minimum Gasteiger partial charge on any atom is -0.381 e. The van der Waals surface area contributed by atoms with Gasteiger partial charge in [-0.2, -0.15) is 0 Å². The summed E-state index contributed by atoms with van der Waals surface area (Å²) >= 11 is 6.06. The van der Waals surface area contributed by atoms with Crippen LogP contribution in [-0.4, -0.2) is 32.9 Å². The van der Waals surface area contributed by atoms with Crippen LogP contribution in [0.1, 0.15) is 24.8 Å². The molecule has 0 radical (unpaired) electrons. The molecule has 2 aliphatic rings. The Labute approximate surface area is 135 Å². The van der Waals surface area contributed by atoms with Gasteiger partial charge in [0.1, 0.15) is 5.82 Å². The summed E-state index contributed by atoms with van der Waals surface area (Å²) in [7, 11) is -3.41. The number of rotatable bonds is 5. The van der Waals surface area contributed by atoms with Crippen molar-refractivity contribution in [1.82, 2.24) is 4.72 Å². The summed E-state index contributed by atoms with van der Waals surface area (Å²) in [5, 5.41) is -0.227. The Hall–Kier alpha value is -0.690. The normalized spacial score (nSPS) is 26.1. The zero-order valence-corrected chi connectivity index (χ0v) is 13.7. The van der Waals surface area contributed by atoms with Gasteiger partial charge >= 0.3 is 0 Å². The SMILES string of the molecule is O=S(=O)(NC1CC1)[C@@H]1CCOC[C@@H]1Cc1c(F)cccc1Cl. The minimum atomic E-state index is -3.41. The van der Waals surface area contributed by atoms with Crippen molar-refractivity contribution in [2.45, 2.75) is 37.0 Å². The van der Waals surface area contributed by atoms with Crippen LogP contribution in [0.15, 0.2) is 18.2 Å². The molecule has 1 aromatic carbocycles. The topological polar surface area (TPSA) is 55.4 Å². The van der Waals surface area contributed by atoms with Crippen LogP contribution in [0.4, 0.5) is 4.39 Å². The molecule has 1 saturated heterocycles. The van der Waals surface area contributed by atoms with Crippen molar-refractivity contribution in [3.63, 3.8) is 0 Å². The fourth-order valence-electron chi connectivity index (χ4n) is 2.89. The maximum Gasteiger partial charge on any atom is 0.215 e. The predicted octanol–water partition coefficient (Wildman–Crippen LogP) is 2.51. The highest BCUT2D eigenvalue weighted by Gasteiger charge is 2.39. The lowest BCUT2D eigenvalue weighted by molar-refractivity contribution is 0.0567. The molecule has 0 amide bonds. The summed E-state index contributed by atoms with van der Waals surface area (Å²) in [6.07, 6.45) is 2.49. The van der Waals surface area contributed by atoms with Crippen molar-refractivity contribution in [3.8, 4) is 0 Å². The summed E-state index contributed by atoms with van der Waals surface area (Å²) in [4.78, 5) is 0. The van der Waals surface area contributed by atoms with Gasteiger partial charge < -0.3 is 4.74 Å². The van der Waals surface area contributed by atoms with Crippen molar-refractivity contribution in [2.75, 3.05) is 13.2 Å². The van der Waals surface area contributed by atoms with E-state index in [1.54, 1.807) is 12.1 Å². The molecular formula is C15H19ClFNO3S. The molecule has 1 N–H and O–H groups in total. The monoisotopic (exact) mass is 347 g/mol. The van der Waals surface area contributed by atoms with Gasteiger partial charge in [0.25, 0.3) is 0 Å². The van der Waals surface area contributed by atoms with Gasteiger partial charge in [0, 0.05) is 29.2 Å². The Kier molecular flexibility index (Phi) is 4.73. The third kappa shape index (κ3) is 3.62. The third-order valence-corrected chi connectivity index (χ3v) is 6.67. The summed E-state index contributed by atoms with van der Waals surface area (Å²) in [6, 6.07) is 4.58. The summed E-state index contributed by atoms with van der Waals surface area (Å²) in [5.74, 6) is -0.691. The molecule has 1 aliphatic heterocycles. The van der Waals surface area contributed by atoms with Gasteiger partial charge in [-0.3, -0.25) is 0 Å². The quantitative estimate of drug-likeness (QED) is 0.890. The lowest BCUT2D eigenvalue weighted by atomic mass is 9.93. The molecule has 0 unspecified atom stereocenters.